The maximum atomic E-state index is 13.9. The summed E-state index contributed by atoms with van der Waals surface area (Å²) in [5.74, 6) is -2.62. The number of hydrogen-bond donors (Lipinski definition) is 2. The van der Waals surface area contributed by atoms with Crippen molar-refractivity contribution < 1.29 is 31.9 Å². The van der Waals surface area contributed by atoms with Gasteiger partial charge < -0.3 is 20.3 Å². The van der Waals surface area contributed by atoms with Crippen molar-refractivity contribution in [3.05, 3.63) is 60.4 Å². The zero-order valence-corrected chi connectivity index (χ0v) is 21.4. The van der Waals surface area contributed by atoms with E-state index in [1.54, 1.807) is 0 Å². The van der Waals surface area contributed by atoms with Crippen LogP contribution in [-0.4, -0.2) is 82.7 Å². The highest BCUT2D eigenvalue weighted by molar-refractivity contribution is 6.10. The molecule has 1 aromatic carbocycles. The Morgan fingerprint density at radius 2 is 1.77 bits per heavy atom. The van der Waals surface area contributed by atoms with E-state index in [1.807, 2.05) is 11.9 Å². The number of pyridine rings is 1. The van der Waals surface area contributed by atoms with Gasteiger partial charge in [0.2, 0.25) is 11.9 Å². The summed E-state index contributed by atoms with van der Waals surface area (Å²) in [6.07, 6.45) is -1.26. The van der Waals surface area contributed by atoms with Gasteiger partial charge in [-0.3, -0.25) is 19.5 Å². The monoisotopic (exact) mass is 569 g/mol. The zero-order valence-electron chi connectivity index (χ0n) is 20.5. The van der Waals surface area contributed by atoms with Gasteiger partial charge in [-0.15, -0.1) is 25.6 Å². The molecule has 39 heavy (non-hydrogen) atoms. The van der Waals surface area contributed by atoms with Gasteiger partial charge in [0.15, 0.2) is 5.82 Å². The van der Waals surface area contributed by atoms with E-state index in [-0.39, 0.29) is 47.3 Å². The fraction of sp³-hybridized carbons (Fsp3) is 0.292. The van der Waals surface area contributed by atoms with Crippen LogP contribution < -0.4 is 15.4 Å². The minimum atomic E-state index is -4.96. The fourth-order valence-corrected chi connectivity index (χ4v) is 3.71. The Morgan fingerprint density at radius 3 is 2.41 bits per heavy atom. The van der Waals surface area contributed by atoms with E-state index in [4.69, 9.17) is 0 Å². The molecule has 2 N–H and O–H groups in total. The molecule has 1 aliphatic heterocycles. The lowest BCUT2D eigenvalue weighted by Gasteiger charge is -2.31. The Bertz CT molecular complexity index is 1300. The number of benzene rings is 1. The van der Waals surface area contributed by atoms with Crippen LogP contribution >= 0.6 is 12.4 Å². The lowest BCUT2D eigenvalue weighted by Crippen LogP contribution is -2.47. The van der Waals surface area contributed by atoms with Crippen LogP contribution in [0.25, 0.3) is 11.3 Å². The third kappa shape index (κ3) is 8.30. The number of hydrogen-bond acceptors (Lipinski definition) is 8. The number of carbonyl (C=O) groups is 2. The first-order valence-corrected chi connectivity index (χ1v) is 11.4. The number of nitrogens with one attached hydrogen (secondary N) is 2. The highest BCUT2D eigenvalue weighted by atomic mass is 35.5. The standard InChI is InChI=1S/C24H23F4N7O3.ClH/c1-34-7-9-35(10-8-34)14-21(36)32-18-11-15(38-24(26,27)28)4-5-17(18)23(37)33-20-13-30-19(12-31-20)16-3-2-6-29-22(16)25;/h2-6,11-13H,7-10,14H2,1H3,(H,32,36)(H,31,33,37);1H. The third-order valence-corrected chi connectivity index (χ3v) is 5.63. The van der Waals surface area contributed by atoms with Crippen molar-refractivity contribution in [2.24, 2.45) is 0 Å². The molecule has 3 heterocycles. The van der Waals surface area contributed by atoms with Gasteiger partial charge in [-0.1, -0.05) is 0 Å². The second kappa shape index (κ2) is 12.8. The number of halogens is 5. The predicted octanol–water partition coefficient (Wildman–Crippen LogP) is 3.44. The van der Waals surface area contributed by atoms with Crippen molar-refractivity contribution in [2.75, 3.05) is 50.4 Å². The number of piperazine rings is 1. The first-order chi connectivity index (χ1) is 18.1. The summed E-state index contributed by atoms with van der Waals surface area (Å²) >= 11 is 0. The minimum Gasteiger partial charge on any atom is -0.406 e. The van der Waals surface area contributed by atoms with Crippen LogP contribution in [0.2, 0.25) is 0 Å². The molecule has 10 nitrogen and oxygen atoms in total. The summed E-state index contributed by atoms with van der Waals surface area (Å²) in [4.78, 5) is 41.3. The lowest BCUT2D eigenvalue weighted by molar-refractivity contribution is -0.274. The summed E-state index contributed by atoms with van der Waals surface area (Å²) < 4.78 is 56.1. The Balaban J connectivity index is 0.00000420. The van der Waals surface area contributed by atoms with Crippen molar-refractivity contribution in [2.45, 2.75) is 6.36 Å². The van der Waals surface area contributed by atoms with Crippen LogP contribution in [0.15, 0.2) is 48.9 Å². The summed E-state index contributed by atoms with van der Waals surface area (Å²) in [5.41, 5.74) is -0.0107. The molecule has 15 heteroatoms. The smallest absolute Gasteiger partial charge is 0.406 e. The zero-order chi connectivity index (χ0) is 27.3. The second-order valence-corrected chi connectivity index (χ2v) is 8.47. The topological polar surface area (TPSA) is 113 Å². The predicted molar refractivity (Wildman–Crippen MR) is 136 cm³/mol. The average molecular weight is 570 g/mol. The SMILES string of the molecule is CN1CCN(CC(=O)Nc2cc(OC(F)(F)F)ccc2C(=O)Nc2cnc(-c3cccnc3F)cn2)CC1.Cl. The van der Waals surface area contributed by atoms with Gasteiger partial charge in [-0.05, 0) is 31.3 Å². The van der Waals surface area contributed by atoms with Crippen LogP contribution in [0.3, 0.4) is 0 Å². The van der Waals surface area contributed by atoms with Gasteiger partial charge >= 0.3 is 6.36 Å². The molecule has 2 amide bonds. The molecule has 4 rings (SSSR count). The summed E-state index contributed by atoms with van der Waals surface area (Å²) in [6.45, 7) is 2.82. The van der Waals surface area contributed by atoms with E-state index < -0.39 is 29.9 Å². The van der Waals surface area contributed by atoms with Crippen molar-refractivity contribution >= 4 is 35.7 Å². The first-order valence-electron chi connectivity index (χ1n) is 11.4. The van der Waals surface area contributed by atoms with Gasteiger partial charge in [0, 0.05) is 38.4 Å². The van der Waals surface area contributed by atoms with E-state index >= 15 is 0 Å². The number of aromatic nitrogens is 3. The van der Waals surface area contributed by atoms with Crippen molar-refractivity contribution in [3.63, 3.8) is 0 Å². The van der Waals surface area contributed by atoms with Gasteiger partial charge in [-0.2, -0.15) is 4.39 Å². The Kier molecular flexibility index (Phi) is 9.72. The fourth-order valence-electron chi connectivity index (χ4n) is 3.71. The van der Waals surface area contributed by atoms with E-state index in [2.05, 4.69) is 35.2 Å². The quantitative estimate of drug-likeness (QED) is 0.329. The number of carbonyl (C=O) groups excluding carboxylic acids is 2. The molecule has 3 aromatic rings. The number of rotatable bonds is 7. The summed E-state index contributed by atoms with van der Waals surface area (Å²) in [6, 6.07) is 5.96. The largest absolute Gasteiger partial charge is 0.573 e. The van der Waals surface area contributed by atoms with E-state index in [0.717, 1.165) is 31.3 Å². The van der Waals surface area contributed by atoms with Gasteiger partial charge in [0.25, 0.3) is 5.91 Å². The van der Waals surface area contributed by atoms with Crippen molar-refractivity contribution in [1.82, 2.24) is 24.8 Å². The number of amides is 2. The van der Waals surface area contributed by atoms with Crippen LogP contribution in [0.5, 0.6) is 5.75 Å². The lowest BCUT2D eigenvalue weighted by atomic mass is 10.1. The number of likely N-dealkylation sites (N-methyl/N-ethyl adjacent to an activating group) is 1. The van der Waals surface area contributed by atoms with Crippen molar-refractivity contribution in [3.8, 4) is 17.0 Å². The molecule has 0 aliphatic carbocycles. The molecule has 0 unspecified atom stereocenters. The van der Waals surface area contributed by atoms with Crippen molar-refractivity contribution in [1.29, 1.82) is 0 Å². The number of anilines is 2. The Labute approximate surface area is 226 Å². The van der Waals surface area contributed by atoms with Crippen LogP contribution in [0.1, 0.15) is 10.4 Å². The molecule has 2 aromatic heterocycles. The maximum absolute atomic E-state index is 13.9. The number of ether oxygens (including phenoxy) is 1. The summed E-state index contributed by atoms with van der Waals surface area (Å²) in [7, 11) is 1.96. The third-order valence-electron chi connectivity index (χ3n) is 5.63. The summed E-state index contributed by atoms with van der Waals surface area (Å²) in [5, 5.41) is 4.98. The average Bonchev–Trinajstić information content (AvgIpc) is 2.85. The highest BCUT2D eigenvalue weighted by Gasteiger charge is 2.31. The normalized spacial score (nSPS) is 14.3. The van der Waals surface area contributed by atoms with Crippen LogP contribution in [-0.2, 0) is 4.79 Å². The molecule has 0 radical (unpaired) electrons. The van der Waals surface area contributed by atoms with E-state index in [0.29, 0.717) is 13.1 Å². The van der Waals surface area contributed by atoms with Crippen LogP contribution in [0, 0.1) is 5.95 Å². The molecule has 1 fully saturated rings. The first kappa shape index (κ1) is 29.7. The molecule has 0 saturated carbocycles. The second-order valence-electron chi connectivity index (χ2n) is 8.47. The van der Waals surface area contributed by atoms with Gasteiger partial charge in [0.05, 0.1) is 41.4 Å². The molecule has 0 atom stereocenters. The van der Waals surface area contributed by atoms with Crippen LogP contribution in [0.4, 0.5) is 29.1 Å². The van der Waals surface area contributed by atoms with Gasteiger partial charge in [0.1, 0.15) is 5.75 Å². The molecule has 0 spiro atoms. The molecule has 1 saturated heterocycles. The molecular formula is C24H24ClF4N7O3. The molecular weight excluding hydrogens is 546 g/mol. The molecule has 1 aliphatic rings. The minimum absolute atomic E-state index is 0. The highest BCUT2D eigenvalue weighted by Crippen LogP contribution is 2.28. The number of alkyl halides is 3. The molecule has 208 valence electrons. The van der Waals surface area contributed by atoms with E-state index in [9.17, 15) is 27.2 Å². The Hall–Kier alpha value is -3.88. The molecule has 0 bridgehead atoms. The Morgan fingerprint density at radius 1 is 1.03 bits per heavy atom. The number of nitrogens with zero attached hydrogens (tertiary/aromatic N) is 5. The van der Waals surface area contributed by atoms with Gasteiger partial charge in [-0.25, -0.2) is 9.97 Å². The maximum Gasteiger partial charge on any atom is 0.573 e. The van der Waals surface area contributed by atoms with E-state index in [1.165, 1.54) is 30.7 Å².